The van der Waals surface area contributed by atoms with E-state index in [1.54, 1.807) is 11.6 Å². The van der Waals surface area contributed by atoms with E-state index in [9.17, 15) is 9.35 Å². The van der Waals surface area contributed by atoms with Crippen LogP contribution in [0.1, 0.15) is 65.6 Å². The Morgan fingerprint density at radius 2 is 1.78 bits per heavy atom. The van der Waals surface area contributed by atoms with Gasteiger partial charge in [-0.25, -0.2) is 9.78 Å². The lowest BCUT2D eigenvalue weighted by Gasteiger charge is -2.26. The minimum absolute atomic E-state index is 0.0159. The molecule has 2 aromatic heterocycles. The molecule has 3 aromatic rings. The first kappa shape index (κ1) is 24.6. The van der Waals surface area contributed by atoms with Crippen molar-refractivity contribution in [1.82, 2.24) is 18.8 Å². The molecule has 0 spiro atoms. The molecule has 0 fully saturated rings. The molecule has 0 saturated carbocycles. The van der Waals surface area contributed by atoms with E-state index >= 15 is 0 Å². The minimum Gasteiger partial charge on any atom is -0.598 e. The summed E-state index contributed by atoms with van der Waals surface area (Å²) in [5, 5.41) is 0. The number of pyridine rings is 1. The molecular formula is C25H36N4O2S. The molecule has 1 N–H and O–H groups in total. The van der Waals surface area contributed by atoms with Crippen LogP contribution < -0.4 is 10.4 Å². The van der Waals surface area contributed by atoms with Crippen molar-refractivity contribution in [2.75, 3.05) is 0 Å². The Morgan fingerprint density at radius 3 is 2.38 bits per heavy atom. The Kier molecular flexibility index (Phi) is 6.67. The summed E-state index contributed by atoms with van der Waals surface area (Å²) in [4.78, 5) is 17.7. The fourth-order valence-corrected chi connectivity index (χ4v) is 4.45. The fraction of sp³-hybridized carbons (Fsp3) is 0.520. The van der Waals surface area contributed by atoms with Crippen molar-refractivity contribution < 1.29 is 4.55 Å². The summed E-state index contributed by atoms with van der Waals surface area (Å²) in [7, 11) is 1.78. The van der Waals surface area contributed by atoms with Gasteiger partial charge in [0, 0.05) is 30.5 Å². The number of imidazole rings is 1. The van der Waals surface area contributed by atoms with Crippen LogP contribution in [0.3, 0.4) is 0 Å². The van der Waals surface area contributed by atoms with E-state index in [0.717, 1.165) is 27.9 Å². The van der Waals surface area contributed by atoms with Gasteiger partial charge in [-0.15, -0.1) is 4.72 Å². The molecule has 7 heteroatoms. The van der Waals surface area contributed by atoms with Crippen molar-refractivity contribution in [3.05, 3.63) is 51.9 Å². The zero-order valence-corrected chi connectivity index (χ0v) is 21.6. The summed E-state index contributed by atoms with van der Waals surface area (Å²) < 4.78 is 18.8. The molecule has 1 aromatic carbocycles. The molecule has 174 valence electrons. The number of nitrogens with zero attached hydrogens (tertiary/aromatic N) is 3. The average molecular weight is 457 g/mol. The Hall–Kier alpha value is -2.09. The molecule has 6 nitrogen and oxygen atoms in total. The molecule has 3 rings (SSSR count). The first-order valence-electron chi connectivity index (χ1n) is 11.0. The normalized spacial score (nSPS) is 14.7. The minimum atomic E-state index is -1.16. The zero-order chi connectivity index (χ0) is 24.0. The number of rotatable bonds is 5. The maximum Gasteiger partial charge on any atom is 0.330 e. The van der Waals surface area contributed by atoms with Gasteiger partial charge in [-0.05, 0) is 69.4 Å². The Morgan fingerprint density at radius 1 is 1.12 bits per heavy atom. The van der Waals surface area contributed by atoms with E-state index in [-0.39, 0.29) is 21.9 Å². The quantitative estimate of drug-likeness (QED) is 0.556. The lowest BCUT2D eigenvalue weighted by Crippen LogP contribution is -2.40. The highest BCUT2D eigenvalue weighted by Gasteiger charge is 2.28. The van der Waals surface area contributed by atoms with Crippen LogP contribution in [0.5, 0.6) is 0 Å². The van der Waals surface area contributed by atoms with Gasteiger partial charge in [-0.2, -0.15) is 0 Å². The van der Waals surface area contributed by atoms with Gasteiger partial charge in [-0.1, -0.05) is 32.9 Å². The third kappa shape index (κ3) is 5.11. The van der Waals surface area contributed by atoms with Gasteiger partial charge < -0.3 is 4.55 Å². The first-order valence-corrected chi connectivity index (χ1v) is 12.2. The van der Waals surface area contributed by atoms with Crippen LogP contribution in [0.25, 0.3) is 22.4 Å². The number of aryl methyl sites for hydroxylation is 2. The SMILES string of the molecule is Cc1ccc([C@H](C)N[S+]([O-])C(C)(C)C)cc1-c1ccc2c(n1)n(C)c(=O)n2CC(C)(C)C. The molecule has 0 amide bonds. The third-order valence-electron chi connectivity index (χ3n) is 5.49. The molecular weight excluding hydrogens is 420 g/mol. The molecule has 0 radical (unpaired) electrons. The van der Waals surface area contributed by atoms with E-state index < -0.39 is 11.4 Å². The number of nitrogens with one attached hydrogen (secondary N) is 1. The van der Waals surface area contributed by atoms with Crippen LogP contribution in [0.4, 0.5) is 0 Å². The number of aromatic nitrogens is 3. The Labute approximate surface area is 194 Å². The smallest absolute Gasteiger partial charge is 0.330 e. The Bertz CT molecular complexity index is 1180. The molecule has 32 heavy (non-hydrogen) atoms. The van der Waals surface area contributed by atoms with Crippen LogP contribution in [0, 0.1) is 12.3 Å². The average Bonchev–Trinajstić information content (AvgIpc) is 2.90. The number of hydrogen-bond donors (Lipinski definition) is 1. The highest BCUT2D eigenvalue weighted by atomic mass is 32.2. The summed E-state index contributed by atoms with van der Waals surface area (Å²) >= 11 is -1.16. The van der Waals surface area contributed by atoms with Crippen molar-refractivity contribution in [1.29, 1.82) is 0 Å². The van der Waals surface area contributed by atoms with Gasteiger partial charge in [-0.3, -0.25) is 9.13 Å². The van der Waals surface area contributed by atoms with Crippen LogP contribution >= 0.6 is 0 Å². The first-order chi connectivity index (χ1) is 14.7. The topological polar surface area (TPSA) is 74.9 Å². The maximum absolute atomic E-state index is 12.9. The maximum atomic E-state index is 12.9. The monoisotopic (exact) mass is 456 g/mol. The van der Waals surface area contributed by atoms with Gasteiger partial charge >= 0.3 is 5.69 Å². The van der Waals surface area contributed by atoms with E-state index in [2.05, 4.69) is 50.6 Å². The predicted molar refractivity (Wildman–Crippen MR) is 134 cm³/mol. The molecule has 2 heterocycles. The zero-order valence-electron chi connectivity index (χ0n) is 20.7. The number of benzene rings is 1. The highest BCUT2D eigenvalue weighted by molar-refractivity contribution is 7.90. The van der Waals surface area contributed by atoms with Gasteiger partial charge in [0.1, 0.15) is 4.75 Å². The van der Waals surface area contributed by atoms with E-state index in [1.807, 2.05) is 44.4 Å². The van der Waals surface area contributed by atoms with Crippen molar-refractivity contribution >= 4 is 22.5 Å². The molecule has 0 bridgehead atoms. The van der Waals surface area contributed by atoms with Crippen LogP contribution in [0.15, 0.2) is 35.1 Å². The molecule has 0 saturated heterocycles. The van der Waals surface area contributed by atoms with Crippen LogP contribution in [0.2, 0.25) is 0 Å². The largest absolute Gasteiger partial charge is 0.598 e. The molecule has 0 aliphatic carbocycles. The Balaban J connectivity index is 2.03. The summed E-state index contributed by atoms with van der Waals surface area (Å²) in [5.74, 6) is 0. The standard InChI is InChI=1S/C25H36N4O2S/c1-16-10-11-18(17(2)27-32(31)25(6,7)8)14-19(16)20-12-13-21-22(26-20)28(9)23(30)29(21)15-24(3,4)5/h10-14,17,27H,15H2,1-9H3/t17-,32?/m0/s1. The number of hydrogen-bond acceptors (Lipinski definition) is 4. The molecule has 1 unspecified atom stereocenters. The van der Waals surface area contributed by atoms with Crippen LogP contribution in [-0.4, -0.2) is 23.4 Å². The lowest BCUT2D eigenvalue weighted by atomic mass is 9.97. The molecule has 0 aliphatic heterocycles. The third-order valence-corrected chi connectivity index (χ3v) is 7.17. The summed E-state index contributed by atoms with van der Waals surface area (Å²) in [6.07, 6.45) is 0. The summed E-state index contributed by atoms with van der Waals surface area (Å²) in [6, 6.07) is 10.1. The van der Waals surface area contributed by atoms with Crippen molar-refractivity contribution in [2.45, 2.75) is 72.7 Å². The van der Waals surface area contributed by atoms with Gasteiger partial charge in [0.15, 0.2) is 5.65 Å². The van der Waals surface area contributed by atoms with Crippen molar-refractivity contribution in [3.63, 3.8) is 0 Å². The predicted octanol–water partition coefficient (Wildman–Crippen LogP) is 4.87. The van der Waals surface area contributed by atoms with Crippen LogP contribution in [-0.2, 0) is 25.0 Å². The second kappa shape index (κ2) is 8.69. The van der Waals surface area contributed by atoms with Gasteiger partial charge in [0.2, 0.25) is 0 Å². The van der Waals surface area contributed by atoms with E-state index in [4.69, 9.17) is 4.98 Å². The van der Waals surface area contributed by atoms with Gasteiger partial charge in [0.25, 0.3) is 0 Å². The summed E-state index contributed by atoms with van der Waals surface area (Å²) in [6.45, 7) is 16.9. The highest BCUT2D eigenvalue weighted by Crippen LogP contribution is 2.29. The second-order valence-electron chi connectivity index (χ2n) is 10.8. The van der Waals surface area contributed by atoms with E-state index in [1.165, 1.54) is 0 Å². The lowest BCUT2D eigenvalue weighted by molar-refractivity contribution is 0.342. The number of fused-ring (bicyclic) bond motifs is 1. The van der Waals surface area contributed by atoms with E-state index in [0.29, 0.717) is 12.2 Å². The summed E-state index contributed by atoms with van der Waals surface area (Å²) in [5.41, 5.74) is 5.45. The van der Waals surface area contributed by atoms with Crippen molar-refractivity contribution in [3.8, 4) is 11.3 Å². The fourth-order valence-electron chi connectivity index (χ4n) is 3.64. The molecule has 2 atom stereocenters. The second-order valence-corrected chi connectivity index (χ2v) is 12.8. The van der Waals surface area contributed by atoms with Gasteiger partial charge in [0.05, 0.1) is 17.3 Å². The molecule has 0 aliphatic rings. The van der Waals surface area contributed by atoms with Crippen molar-refractivity contribution in [2.24, 2.45) is 12.5 Å².